The summed E-state index contributed by atoms with van der Waals surface area (Å²) in [5, 5.41) is 12.8. The van der Waals surface area contributed by atoms with Gasteiger partial charge in [-0.15, -0.1) is 10.2 Å². The van der Waals surface area contributed by atoms with Gasteiger partial charge in [-0.2, -0.15) is 0 Å². The predicted molar refractivity (Wildman–Crippen MR) is 132 cm³/mol. The Balaban J connectivity index is 1.27. The van der Waals surface area contributed by atoms with Crippen LogP contribution in [0.5, 0.6) is 0 Å². The summed E-state index contributed by atoms with van der Waals surface area (Å²) in [6.07, 6.45) is 2.92. The van der Waals surface area contributed by atoms with Crippen LogP contribution in [0.3, 0.4) is 0 Å². The van der Waals surface area contributed by atoms with Gasteiger partial charge in [0.15, 0.2) is 5.16 Å². The summed E-state index contributed by atoms with van der Waals surface area (Å²) in [5.74, 6) is 1.19. The Morgan fingerprint density at radius 2 is 1.52 bits per heavy atom. The van der Waals surface area contributed by atoms with Crippen molar-refractivity contribution in [1.82, 2.24) is 20.1 Å². The molecule has 0 bridgehead atoms. The normalized spacial score (nSPS) is 14.1. The van der Waals surface area contributed by atoms with Gasteiger partial charge in [-0.25, -0.2) is 0 Å². The zero-order chi connectivity index (χ0) is 22.5. The van der Waals surface area contributed by atoms with Gasteiger partial charge in [-0.1, -0.05) is 90.6 Å². The van der Waals surface area contributed by atoms with Crippen LogP contribution in [0, 0.1) is 0 Å². The lowest BCUT2D eigenvalue weighted by atomic mass is 9.96. The van der Waals surface area contributed by atoms with Crippen LogP contribution in [0.25, 0.3) is 5.69 Å². The van der Waals surface area contributed by atoms with Crippen LogP contribution in [0.4, 0.5) is 0 Å². The maximum Gasteiger partial charge on any atom is 0.230 e. The van der Waals surface area contributed by atoms with Crippen LogP contribution < -0.4 is 5.32 Å². The minimum Gasteiger partial charge on any atom is -0.354 e. The minimum atomic E-state index is 0.0226. The number of carbonyl (C=O) groups excluding carboxylic acids is 1. The maximum absolute atomic E-state index is 12.7. The fourth-order valence-electron chi connectivity index (χ4n) is 4.08. The van der Waals surface area contributed by atoms with Crippen molar-refractivity contribution in [2.45, 2.75) is 29.8 Å². The van der Waals surface area contributed by atoms with Crippen LogP contribution in [-0.4, -0.2) is 33.0 Å². The lowest BCUT2D eigenvalue weighted by molar-refractivity contribution is -0.118. The fourth-order valence-corrected chi connectivity index (χ4v) is 4.88. The molecule has 1 fully saturated rings. The molecule has 33 heavy (non-hydrogen) atoms. The van der Waals surface area contributed by atoms with E-state index in [1.807, 2.05) is 54.6 Å². The van der Waals surface area contributed by atoms with E-state index in [-0.39, 0.29) is 11.3 Å². The Labute approximate surface area is 198 Å². The number of aromatic nitrogens is 3. The molecular weight excluding hydrogens is 428 g/mol. The van der Waals surface area contributed by atoms with E-state index in [1.54, 1.807) is 0 Å². The van der Waals surface area contributed by atoms with E-state index in [0.29, 0.717) is 18.7 Å². The number of amides is 1. The van der Waals surface area contributed by atoms with E-state index in [2.05, 4.69) is 56.5 Å². The van der Waals surface area contributed by atoms with Crippen molar-refractivity contribution in [2.24, 2.45) is 0 Å². The first-order valence-electron chi connectivity index (χ1n) is 11.2. The molecule has 3 aromatic carbocycles. The van der Waals surface area contributed by atoms with E-state index in [9.17, 15) is 4.79 Å². The summed E-state index contributed by atoms with van der Waals surface area (Å²) in [7, 11) is 0. The second-order valence-electron chi connectivity index (χ2n) is 8.44. The minimum absolute atomic E-state index is 0.0226. The third-order valence-corrected chi connectivity index (χ3v) is 7.04. The highest BCUT2D eigenvalue weighted by atomic mass is 32.2. The molecule has 0 atom stereocenters. The van der Waals surface area contributed by atoms with Gasteiger partial charge in [0.05, 0.1) is 5.75 Å². The fraction of sp³-hybridized carbons (Fsp3) is 0.222. The number of carbonyl (C=O) groups is 1. The zero-order valence-electron chi connectivity index (χ0n) is 18.4. The van der Waals surface area contributed by atoms with Crippen LogP contribution in [0.2, 0.25) is 0 Å². The molecule has 4 aromatic rings. The summed E-state index contributed by atoms with van der Waals surface area (Å²) < 4.78 is 2.05. The Morgan fingerprint density at radius 1 is 0.879 bits per heavy atom. The van der Waals surface area contributed by atoms with Gasteiger partial charge in [-0.05, 0) is 36.1 Å². The molecule has 0 unspecified atom stereocenters. The van der Waals surface area contributed by atoms with E-state index >= 15 is 0 Å². The van der Waals surface area contributed by atoms with Crippen molar-refractivity contribution >= 4 is 17.7 Å². The van der Waals surface area contributed by atoms with Crippen molar-refractivity contribution < 1.29 is 4.79 Å². The van der Waals surface area contributed by atoms with E-state index in [4.69, 9.17) is 0 Å². The zero-order valence-corrected chi connectivity index (χ0v) is 19.2. The molecule has 5 nitrogen and oxygen atoms in total. The molecule has 1 aromatic heterocycles. The highest BCUT2D eigenvalue weighted by molar-refractivity contribution is 7.99. The molecule has 0 radical (unpaired) electrons. The van der Waals surface area contributed by atoms with Crippen LogP contribution >= 0.6 is 11.8 Å². The molecule has 1 saturated carbocycles. The van der Waals surface area contributed by atoms with Crippen LogP contribution in [0.1, 0.15) is 29.8 Å². The molecular formula is C27H26N4OS. The molecule has 5 rings (SSSR count). The number of hydrogen-bond donors (Lipinski definition) is 1. The van der Waals surface area contributed by atoms with Gasteiger partial charge in [0, 0.05) is 24.1 Å². The molecule has 166 valence electrons. The predicted octanol–water partition coefficient (Wildman–Crippen LogP) is 4.80. The molecule has 1 N–H and O–H groups in total. The highest BCUT2D eigenvalue weighted by Gasteiger charge is 2.44. The highest BCUT2D eigenvalue weighted by Crippen LogP contribution is 2.47. The van der Waals surface area contributed by atoms with E-state index in [1.165, 1.54) is 22.9 Å². The van der Waals surface area contributed by atoms with Gasteiger partial charge in [0.25, 0.3) is 0 Å². The van der Waals surface area contributed by atoms with Crippen molar-refractivity contribution in [1.29, 1.82) is 0 Å². The first kappa shape index (κ1) is 21.5. The van der Waals surface area contributed by atoms with Gasteiger partial charge >= 0.3 is 0 Å². The maximum atomic E-state index is 12.7. The van der Waals surface area contributed by atoms with Gasteiger partial charge < -0.3 is 5.32 Å². The molecule has 6 heteroatoms. The summed E-state index contributed by atoms with van der Waals surface area (Å²) in [6.45, 7) is 0.682. The number of rotatable bonds is 9. The van der Waals surface area contributed by atoms with Crippen LogP contribution in [0.15, 0.2) is 96.2 Å². The molecule has 1 aliphatic carbocycles. The number of thioether (sulfide) groups is 1. The number of hydrogen-bond acceptors (Lipinski definition) is 4. The number of benzene rings is 3. The van der Waals surface area contributed by atoms with Gasteiger partial charge in [0.1, 0.15) is 5.82 Å². The van der Waals surface area contributed by atoms with Crippen molar-refractivity contribution in [3.05, 3.63) is 108 Å². The Hall–Kier alpha value is -3.38. The smallest absolute Gasteiger partial charge is 0.230 e. The molecule has 0 spiro atoms. The topological polar surface area (TPSA) is 59.8 Å². The van der Waals surface area contributed by atoms with E-state index in [0.717, 1.165) is 29.5 Å². The summed E-state index contributed by atoms with van der Waals surface area (Å²) >= 11 is 1.43. The second-order valence-corrected chi connectivity index (χ2v) is 9.39. The Morgan fingerprint density at radius 3 is 2.18 bits per heavy atom. The first-order valence-corrected chi connectivity index (χ1v) is 12.2. The van der Waals surface area contributed by atoms with Crippen molar-refractivity contribution in [3.63, 3.8) is 0 Å². The monoisotopic (exact) mass is 454 g/mol. The van der Waals surface area contributed by atoms with Crippen molar-refractivity contribution in [2.75, 3.05) is 12.3 Å². The van der Waals surface area contributed by atoms with Crippen LogP contribution in [-0.2, 0) is 16.6 Å². The summed E-state index contributed by atoms with van der Waals surface area (Å²) in [6, 6.07) is 30.8. The Kier molecular flexibility index (Phi) is 6.26. The number of para-hydroxylation sites is 1. The lowest BCUT2D eigenvalue weighted by Gasteiger charge is -2.16. The third kappa shape index (κ3) is 5.01. The van der Waals surface area contributed by atoms with Gasteiger partial charge in [0.2, 0.25) is 5.91 Å². The van der Waals surface area contributed by atoms with Gasteiger partial charge in [-0.3, -0.25) is 9.36 Å². The average molecular weight is 455 g/mol. The SMILES string of the molecule is O=C(CSc1nnc(Cc2ccccc2)n1-c1ccccc1)NCC1(c2ccccc2)CC1. The van der Waals surface area contributed by atoms with Crippen molar-refractivity contribution in [3.8, 4) is 5.69 Å². The molecule has 1 aliphatic rings. The second kappa shape index (κ2) is 9.63. The Bertz CT molecular complexity index is 1200. The largest absolute Gasteiger partial charge is 0.354 e. The molecule has 0 aliphatic heterocycles. The average Bonchev–Trinajstić information content (AvgIpc) is 3.57. The third-order valence-electron chi connectivity index (χ3n) is 6.12. The summed E-state index contributed by atoms with van der Waals surface area (Å²) in [4.78, 5) is 12.7. The molecule has 1 heterocycles. The van der Waals surface area contributed by atoms with E-state index < -0.39 is 0 Å². The standard InChI is InChI=1S/C27H26N4OS/c32-25(28-20-27(16-17-27)22-12-6-2-7-13-22)19-33-26-30-29-24(18-21-10-4-1-5-11-21)31(26)23-14-8-3-9-15-23/h1-15H,16-20H2,(H,28,32). The quantitative estimate of drug-likeness (QED) is 0.369. The lowest BCUT2D eigenvalue weighted by Crippen LogP contribution is -2.33. The number of nitrogens with zero attached hydrogens (tertiary/aromatic N) is 3. The first-order chi connectivity index (χ1) is 16.2. The summed E-state index contributed by atoms with van der Waals surface area (Å²) in [5.41, 5.74) is 3.59. The molecule has 1 amide bonds. The number of nitrogens with one attached hydrogen (secondary N) is 1. The molecule has 0 saturated heterocycles.